The molecular formula is C15H16N8OS. The molecule has 9 nitrogen and oxygen atoms in total. The molecule has 1 fully saturated rings. The topological polar surface area (TPSA) is 116 Å². The van der Waals surface area contributed by atoms with Crippen molar-refractivity contribution in [2.24, 2.45) is 0 Å². The molecule has 1 aliphatic rings. The average Bonchev–Trinajstić information content (AvgIpc) is 3.25. The van der Waals surface area contributed by atoms with Crippen LogP contribution in [0.15, 0.2) is 25.0 Å². The van der Waals surface area contributed by atoms with Gasteiger partial charge in [0, 0.05) is 30.6 Å². The van der Waals surface area contributed by atoms with Gasteiger partial charge in [0.2, 0.25) is 0 Å². The summed E-state index contributed by atoms with van der Waals surface area (Å²) < 4.78 is 15.6. The van der Waals surface area contributed by atoms with E-state index in [1.807, 2.05) is 17.4 Å². The van der Waals surface area contributed by atoms with Crippen LogP contribution in [0.25, 0.3) is 22.4 Å². The van der Waals surface area contributed by atoms with E-state index in [1.165, 1.54) is 6.33 Å². The van der Waals surface area contributed by atoms with Gasteiger partial charge in [0.15, 0.2) is 5.65 Å². The highest BCUT2D eigenvalue weighted by Gasteiger charge is 2.47. The van der Waals surface area contributed by atoms with E-state index in [-0.39, 0.29) is 0 Å². The van der Waals surface area contributed by atoms with Gasteiger partial charge >= 0.3 is 0 Å². The quantitative estimate of drug-likeness (QED) is 0.723. The van der Waals surface area contributed by atoms with Gasteiger partial charge in [0.25, 0.3) is 0 Å². The summed E-state index contributed by atoms with van der Waals surface area (Å²) in [6.45, 7) is 2.98. The molecule has 1 aliphatic heterocycles. The Balaban J connectivity index is 1.67. The molecule has 4 rings (SSSR count). The number of H-pyrrole nitrogens is 1. The third-order valence-corrected chi connectivity index (χ3v) is 5.78. The second kappa shape index (κ2) is 6.02. The van der Waals surface area contributed by atoms with E-state index in [0.29, 0.717) is 36.6 Å². The first-order valence-corrected chi connectivity index (χ1v) is 9.14. The lowest BCUT2D eigenvalue weighted by Crippen LogP contribution is -2.63. The summed E-state index contributed by atoms with van der Waals surface area (Å²) in [6.07, 6.45) is 6.97. The van der Waals surface area contributed by atoms with Gasteiger partial charge in [-0.15, -0.1) is 0 Å². The van der Waals surface area contributed by atoms with Gasteiger partial charge < -0.3 is 4.98 Å². The number of imidazole rings is 1. The van der Waals surface area contributed by atoms with Crippen LogP contribution in [0.2, 0.25) is 0 Å². The van der Waals surface area contributed by atoms with Crippen molar-refractivity contribution in [3.8, 4) is 17.3 Å². The molecule has 0 bridgehead atoms. The van der Waals surface area contributed by atoms with Crippen molar-refractivity contribution >= 4 is 22.1 Å². The first kappa shape index (κ1) is 15.9. The van der Waals surface area contributed by atoms with Crippen molar-refractivity contribution in [1.29, 1.82) is 5.26 Å². The fourth-order valence-corrected chi connectivity index (χ4v) is 4.24. The molecule has 1 unspecified atom stereocenters. The van der Waals surface area contributed by atoms with E-state index in [0.717, 1.165) is 11.1 Å². The van der Waals surface area contributed by atoms with Crippen LogP contribution in [-0.4, -0.2) is 57.1 Å². The standard InChI is InChI=1S/C15H16N8OS/c1-2-25(24)22-7-15(8-22,3-4-16)23-6-11(5-21-23)12-13-14(19-9-17-12)20-10-18-13/h5-6,9-10H,2-3,7-8H2,1H3,(H,17,18,19,20). The van der Waals surface area contributed by atoms with Crippen molar-refractivity contribution in [1.82, 2.24) is 34.0 Å². The minimum atomic E-state index is -1.00. The number of aromatic amines is 1. The lowest BCUT2D eigenvalue weighted by Gasteiger charge is -2.47. The second-order valence-electron chi connectivity index (χ2n) is 5.96. The average molecular weight is 356 g/mol. The molecule has 1 N–H and O–H groups in total. The Hall–Kier alpha value is -2.64. The van der Waals surface area contributed by atoms with Gasteiger partial charge in [-0.1, -0.05) is 6.92 Å². The zero-order chi connectivity index (χ0) is 17.4. The number of nitrogens with one attached hydrogen (secondary N) is 1. The monoisotopic (exact) mass is 356 g/mol. The van der Waals surface area contributed by atoms with Crippen molar-refractivity contribution in [2.75, 3.05) is 18.8 Å². The Labute approximate surface area is 146 Å². The summed E-state index contributed by atoms with van der Waals surface area (Å²) >= 11 is 0. The summed E-state index contributed by atoms with van der Waals surface area (Å²) in [7, 11) is -1.00. The van der Waals surface area contributed by atoms with Gasteiger partial charge in [-0.05, 0) is 0 Å². The Morgan fingerprint density at radius 2 is 2.24 bits per heavy atom. The Bertz CT molecular complexity index is 981. The van der Waals surface area contributed by atoms with Gasteiger partial charge in [-0.3, -0.25) is 4.68 Å². The van der Waals surface area contributed by atoms with Gasteiger partial charge in [-0.25, -0.2) is 23.5 Å². The molecule has 0 aliphatic carbocycles. The summed E-state index contributed by atoms with van der Waals surface area (Å²) in [4.78, 5) is 15.6. The van der Waals surface area contributed by atoms with Crippen molar-refractivity contribution < 1.29 is 4.21 Å². The Kier molecular flexibility index (Phi) is 3.82. The first-order chi connectivity index (χ1) is 12.2. The molecule has 0 spiro atoms. The summed E-state index contributed by atoms with van der Waals surface area (Å²) in [5, 5.41) is 13.7. The van der Waals surface area contributed by atoms with Crippen LogP contribution in [0.1, 0.15) is 13.3 Å². The van der Waals surface area contributed by atoms with E-state index >= 15 is 0 Å². The van der Waals surface area contributed by atoms with E-state index < -0.39 is 16.5 Å². The molecule has 0 saturated carbocycles. The Morgan fingerprint density at radius 3 is 3.00 bits per heavy atom. The number of fused-ring (bicyclic) bond motifs is 1. The van der Waals surface area contributed by atoms with Gasteiger partial charge in [0.05, 0.1) is 36.0 Å². The van der Waals surface area contributed by atoms with E-state index in [9.17, 15) is 9.47 Å². The summed E-state index contributed by atoms with van der Waals surface area (Å²) in [5.41, 5.74) is 2.44. The molecule has 25 heavy (non-hydrogen) atoms. The normalized spacial score (nSPS) is 17.9. The van der Waals surface area contributed by atoms with Crippen molar-refractivity contribution in [3.05, 3.63) is 25.0 Å². The van der Waals surface area contributed by atoms with Crippen LogP contribution in [0.3, 0.4) is 0 Å². The number of nitrogens with zero attached hydrogens (tertiary/aromatic N) is 7. The SMILES string of the molecule is CCS(=O)N1CC(CC#N)(n2cc(-c3ncnc4nc[nH]c34)cn2)C1. The van der Waals surface area contributed by atoms with Gasteiger partial charge in [0.1, 0.15) is 23.1 Å². The fraction of sp³-hybridized carbons (Fsp3) is 0.400. The maximum absolute atomic E-state index is 12.0. The first-order valence-electron chi connectivity index (χ1n) is 7.87. The highest BCUT2D eigenvalue weighted by atomic mass is 32.2. The molecule has 3 aromatic heterocycles. The van der Waals surface area contributed by atoms with E-state index in [1.54, 1.807) is 17.2 Å². The molecule has 4 heterocycles. The number of nitriles is 1. The zero-order valence-electron chi connectivity index (χ0n) is 13.6. The number of hydrogen-bond acceptors (Lipinski definition) is 6. The predicted molar refractivity (Wildman–Crippen MR) is 91.4 cm³/mol. The van der Waals surface area contributed by atoms with Crippen molar-refractivity contribution in [3.63, 3.8) is 0 Å². The third kappa shape index (κ3) is 2.52. The number of aromatic nitrogens is 6. The molecule has 0 aromatic carbocycles. The molecule has 0 radical (unpaired) electrons. The molecule has 10 heteroatoms. The predicted octanol–water partition coefficient (Wildman–Crippen LogP) is 0.825. The maximum atomic E-state index is 12.0. The summed E-state index contributed by atoms with van der Waals surface area (Å²) in [6, 6.07) is 2.23. The molecule has 1 saturated heterocycles. The number of rotatable bonds is 5. The zero-order valence-corrected chi connectivity index (χ0v) is 14.4. The largest absolute Gasteiger partial charge is 0.341 e. The molecular weight excluding hydrogens is 340 g/mol. The highest BCUT2D eigenvalue weighted by molar-refractivity contribution is 7.82. The van der Waals surface area contributed by atoms with Gasteiger partial charge in [-0.2, -0.15) is 10.4 Å². The maximum Gasteiger partial charge on any atom is 0.181 e. The second-order valence-corrected chi connectivity index (χ2v) is 7.70. The fourth-order valence-electron chi connectivity index (χ4n) is 3.11. The van der Waals surface area contributed by atoms with Crippen LogP contribution in [0.5, 0.6) is 0 Å². The van der Waals surface area contributed by atoms with Crippen LogP contribution in [0.4, 0.5) is 0 Å². The lowest BCUT2D eigenvalue weighted by atomic mass is 9.89. The molecule has 1 atom stereocenters. The van der Waals surface area contributed by atoms with Crippen molar-refractivity contribution in [2.45, 2.75) is 18.9 Å². The smallest absolute Gasteiger partial charge is 0.181 e. The molecule has 3 aromatic rings. The van der Waals surface area contributed by atoms with Crippen LogP contribution < -0.4 is 0 Å². The van der Waals surface area contributed by atoms with Crippen LogP contribution >= 0.6 is 0 Å². The van der Waals surface area contributed by atoms with E-state index in [2.05, 4.69) is 31.1 Å². The van der Waals surface area contributed by atoms with Crippen LogP contribution in [-0.2, 0) is 16.5 Å². The minimum Gasteiger partial charge on any atom is -0.341 e. The van der Waals surface area contributed by atoms with E-state index in [4.69, 9.17) is 0 Å². The highest BCUT2D eigenvalue weighted by Crippen LogP contribution is 2.34. The molecule has 128 valence electrons. The minimum absolute atomic E-state index is 0.314. The third-order valence-electron chi connectivity index (χ3n) is 4.45. The number of hydrogen-bond donors (Lipinski definition) is 1. The van der Waals surface area contributed by atoms with Crippen LogP contribution in [0, 0.1) is 11.3 Å². The Morgan fingerprint density at radius 1 is 1.40 bits per heavy atom. The lowest BCUT2D eigenvalue weighted by molar-refractivity contribution is 0.0765. The molecule has 0 amide bonds. The summed E-state index contributed by atoms with van der Waals surface area (Å²) in [5.74, 6) is 0.575.